The van der Waals surface area contributed by atoms with Crippen LogP contribution < -0.4 is 0 Å². The maximum absolute atomic E-state index is 6.14. The lowest BCUT2D eigenvalue weighted by molar-refractivity contribution is 0.679. The van der Waals surface area contributed by atoms with Crippen LogP contribution in [0.15, 0.2) is 35.2 Å². The minimum absolute atomic E-state index is 0.136. The molecule has 1 rings (SSSR count). The molecule has 2 heteroatoms. The molecule has 92 valence electrons. The summed E-state index contributed by atoms with van der Waals surface area (Å²) in [6.45, 7) is 2.22. The van der Waals surface area contributed by atoms with E-state index >= 15 is 0 Å². The van der Waals surface area contributed by atoms with Gasteiger partial charge in [0, 0.05) is 11.3 Å². The molecule has 0 nitrogen and oxygen atoms in total. The highest BCUT2D eigenvalue weighted by Crippen LogP contribution is 2.24. The number of rotatable bonds is 6. The summed E-state index contributed by atoms with van der Waals surface area (Å²) in [5, 5.41) is 0. The van der Waals surface area contributed by atoms with E-state index in [4.69, 9.17) is 11.6 Å². The van der Waals surface area contributed by atoms with E-state index in [1.54, 1.807) is 11.8 Å². The van der Waals surface area contributed by atoms with Gasteiger partial charge in [-0.05, 0) is 18.6 Å². The molecule has 0 aliphatic heterocycles. The van der Waals surface area contributed by atoms with Gasteiger partial charge in [0.25, 0.3) is 0 Å². The van der Waals surface area contributed by atoms with E-state index in [2.05, 4.69) is 30.9 Å². The van der Waals surface area contributed by atoms with Crippen LogP contribution in [0.4, 0.5) is 0 Å². The minimum atomic E-state index is -0.136. The van der Waals surface area contributed by atoms with Crippen molar-refractivity contribution in [2.45, 2.75) is 48.6 Å². The maximum atomic E-state index is 6.14. The molecular formula is C15H19ClS. The van der Waals surface area contributed by atoms with Crippen LogP contribution in [0.1, 0.15) is 39.0 Å². The summed E-state index contributed by atoms with van der Waals surface area (Å²) in [7, 11) is 0. The van der Waals surface area contributed by atoms with Crippen molar-refractivity contribution in [3.05, 3.63) is 30.3 Å². The fourth-order valence-corrected chi connectivity index (χ4v) is 2.52. The van der Waals surface area contributed by atoms with E-state index in [0.29, 0.717) is 0 Å². The molecule has 1 atom stereocenters. The molecule has 0 heterocycles. The normalized spacial score (nSPS) is 11.6. The van der Waals surface area contributed by atoms with Gasteiger partial charge in [0.05, 0.1) is 0 Å². The number of hydrogen-bond acceptors (Lipinski definition) is 1. The Morgan fingerprint density at radius 3 is 2.65 bits per heavy atom. The second-order valence-electron chi connectivity index (χ2n) is 3.88. The average Bonchev–Trinajstić information content (AvgIpc) is 2.35. The number of alkyl halides is 1. The van der Waals surface area contributed by atoms with Crippen molar-refractivity contribution < 1.29 is 0 Å². The van der Waals surface area contributed by atoms with Crippen LogP contribution >= 0.6 is 23.4 Å². The Bertz CT molecular complexity index is 350. The lowest BCUT2D eigenvalue weighted by atomic mass is 10.2. The highest BCUT2D eigenvalue weighted by Gasteiger charge is 2.01. The van der Waals surface area contributed by atoms with Gasteiger partial charge in [-0.3, -0.25) is 0 Å². The molecule has 0 saturated heterocycles. The third-order valence-electron chi connectivity index (χ3n) is 2.35. The molecule has 0 bridgehead atoms. The molecule has 0 spiro atoms. The quantitative estimate of drug-likeness (QED) is 0.291. The molecular weight excluding hydrogens is 248 g/mol. The number of benzene rings is 1. The van der Waals surface area contributed by atoms with E-state index in [1.165, 1.54) is 30.6 Å². The molecule has 0 N–H and O–H groups in total. The fourth-order valence-electron chi connectivity index (χ4n) is 1.44. The molecule has 1 aromatic carbocycles. The molecule has 17 heavy (non-hydrogen) atoms. The van der Waals surface area contributed by atoms with Gasteiger partial charge in [-0.2, -0.15) is 0 Å². The van der Waals surface area contributed by atoms with E-state index < -0.39 is 0 Å². The molecule has 0 aliphatic rings. The first-order valence-electron chi connectivity index (χ1n) is 6.17. The number of thioether (sulfide) groups is 1. The monoisotopic (exact) mass is 266 g/mol. The summed E-state index contributed by atoms with van der Waals surface area (Å²) in [5.41, 5.74) is 0. The van der Waals surface area contributed by atoms with Gasteiger partial charge in [0.1, 0.15) is 4.71 Å². The molecule has 0 aliphatic carbocycles. The first-order valence-corrected chi connectivity index (χ1v) is 7.48. The van der Waals surface area contributed by atoms with Gasteiger partial charge in [0.15, 0.2) is 0 Å². The SMILES string of the molecule is CCCCCCC#CC(Cl)Sc1ccccc1. The zero-order valence-corrected chi connectivity index (χ0v) is 11.9. The first-order chi connectivity index (χ1) is 8.33. The van der Waals surface area contributed by atoms with Gasteiger partial charge in [-0.1, -0.05) is 73.7 Å². The Hall–Kier alpha value is -0.580. The fraction of sp³-hybridized carbons (Fsp3) is 0.467. The predicted octanol–water partition coefficient (Wildman–Crippen LogP) is 5.32. The third-order valence-corrected chi connectivity index (χ3v) is 3.60. The smallest absolute Gasteiger partial charge is 0.101 e. The second-order valence-corrected chi connectivity index (χ2v) is 5.75. The van der Waals surface area contributed by atoms with Crippen molar-refractivity contribution in [3.63, 3.8) is 0 Å². The van der Waals surface area contributed by atoms with Crippen molar-refractivity contribution in [2.75, 3.05) is 0 Å². The van der Waals surface area contributed by atoms with Crippen LogP contribution in [0.2, 0.25) is 0 Å². The van der Waals surface area contributed by atoms with Crippen molar-refractivity contribution in [1.82, 2.24) is 0 Å². The van der Waals surface area contributed by atoms with Crippen LogP contribution in [-0.4, -0.2) is 4.71 Å². The lowest BCUT2D eigenvalue weighted by Crippen LogP contribution is -1.86. The first kappa shape index (κ1) is 14.5. The van der Waals surface area contributed by atoms with Gasteiger partial charge in [0.2, 0.25) is 0 Å². The highest BCUT2D eigenvalue weighted by atomic mass is 35.5. The van der Waals surface area contributed by atoms with Crippen LogP contribution in [0.5, 0.6) is 0 Å². The van der Waals surface area contributed by atoms with E-state index in [0.717, 1.165) is 6.42 Å². The Balaban J connectivity index is 2.20. The number of hydrogen-bond donors (Lipinski definition) is 0. The van der Waals surface area contributed by atoms with Gasteiger partial charge in [-0.15, -0.1) is 5.92 Å². The predicted molar refractivity (Wildman–Crippen MR) is 78.5 cm³/mol. The van der Waals surface area contributed by atoms with Crippen molar-refractivity contribution >= 4 is 23.4 Å². The summed E-state index contributed by atoms with van der Waals surface area (Å²) in [4.78, 5) is 1.17. The van der Waals surface area contributed by atoms with Crippen LogP contribution in [-0.2, 0) is 0 Å². The Morgan fingerprint density at radius 2 is 1.94 bits per heavy atom. The van der Waals surface area contributed by atoms with E-state index in [1.807, 2.05) is 18.2 Å². The second kappa shape index (κ2) is 9.45. The van der Waals surface area contributed by atoms with E-state index in [9.17, 15) is 0 Å². The largest absolute Gasteiger partial charge is 0.144 e. The van der Waals surface area contributed by atoms with Crippen molar-refractivity contribution in [2.24, 2.45) is 0 Å². The zero-order chi connectivity index (χ0) is 12.3. The molecule has 0 amide bonds. The van der Waals surface area contributed by atoms with Crippen LogP contribution in [0, 0.1) is 11.8 Å². The van der Waals surface area contributed by atoms with E-state index in [-0.39, 0.29) is 4.71 Å². The Labute approximate surface area is 114 Å². The summed E-state index contributed by atoms with van der Waals surface area (Å²) in [6.07, 6.45) is 6.03. The summed E-state index contributed by atoms with van der Waals surface area (Å²) < 4.78 is -0.136. The molecule has 0 aromatic heterocycles. The van der Waals surface area contributed by atoms with Gasteiger partial charge >= 0.3 is 0 Å². The standard InChI is InChI=1S/C15H19ClS/c1-2-3-4-5-6-10-13-15(16)17-14-11-8-7-9-12-14/h7-9,11-12,15H,2-6H2,1H3. The minimum Gasteiger partial charge on any atom is -0.101 e. The van der Waals surface area contributed by atoms with Crippen LogP contribution in [0.25, 0.3) is 0 Å². The number of unbranched alkanes of at least 4 members (excludes halogenated alkanes) is 4. The molecule has 0 fully saturated rings. The summed E-state index contributed by atoms with van der Waals surface area (Å²) >= 11 is 7.75. The average molecular weight is 267 g/mol. The molecule has 1 unspecified atom stereocenters. The maximum Gasteiger partial charge on any atom is 0.144 e. The Kier molecular flexibility index (Phi) is 8.05. The number of halogens is 1. The third kappa shape index (κ3) is 7.36. The lowest BCUT2D eigenvalue weighted by Gasteiger charge is -2.01. The Morgan fingerprint density at radius 1 is 1.18 bits per heavy atom. The van der Waals surface area contributed by atoms with Crippen LogP contribution in [0.3, 0.4) is 0 Å². The zero-order valence-electron chi connectivity index (χ0n) is 10.3. The molecule has 0 radical (unpaired) electrons. The molecule has 0 saturated carbocycles. The topological polar surface area (TPSA) is 0 Å². The van der Waals surface area contributed by atoms with Gasteiger partial charge in [-0.25, -0.2) is 0 Å². The highest BCUT2D eigenvalue weighted by molar-refractivity contribution is 8.01. The summed E-state index contributed by atoms with van der Waals surface area (Å²) in [6, 6.07) is 10.2. The summed E-state index contributed by atoms with van der Waals surface area (Å²) in [5.74, 6) is 6.25. The van der Waals surface area contributed by atoms with Crippen molar-refractivity contribution in [3.8, 4) is 11.8 Å². The molecule has 1 aromatic rings. The van der Waals surface area contributed by atoms with Gasteiger partial charge < -0.3 is 0 Å². The van der Waals surface area contributed by atoms with Crippen molar-refractivity contribution in [1.29, 1.82) is 0 Å².